The zero-order chi connectivity index (χ0) is 17.5. The van der Waals surface area contributed by atoms with E-state index in [1.165, 1.54) is 16.9 Å². The van der Waals surface area contributed by atoms with Gasteiger partial charge < -0.3 is 4.90 Å². The van der Waals surface area contributed by atoms with Crippen molar-refractivity contribution >= 4 is 17.2 Å². The molecule has 2 aromatic carbocycles. The molecule has 4 heteroatoms. The van der Waals surface area contributed by atoms with E-state index >= 15 is 0 Å². The summed E-state index contributed by atoms with van der Waals surface area (Å²) in [7, 11) is 0. The van der Waals surface area contributed by atoms with Gasteiger partial charge in [0.2, 0.25) is 0 Å². The summed E-state index contributed by atoms with van der Waals surface area (Å²) in [5.41, 5.74) is 2.80. The van der Waals surface area contributed by atoms with Gasteiger partial charge in [0, 0.05) is 24.9 Å². The van der Waals surface area contributed by atoms with E-state index in [9.17, 15) is 4.79 Å². The van der Waals surface area contributed by atoms with Crippen molar-refractivity contribution in [3.63, 3.8) is 0 Å². The van der Waals surface area contributed by atoms with Gasteiger partial charge in [0.05, 0.1) is 5.01 Å². The number of carbonyl (C=O) groups excluding carboxylic acids is 1. The van der Waals surface area contributed by atoms with Gasteiger partial charge in [-0.15, -0.1) is 17.9 Å². The van der Waals surface area contributed by atoms with Gasteiger partial charge in [-0.1, -0.05) is 66.7 Å². The lowest BCUT2D eigenvalue weighted by molar-refractivity contribution is 0.0757. The normalized spacial score (nSPS) is 10.4. The minimum Gasteiger partial charge on any atom is -0.329 e. The largest absolute Gasteiger partial charge is 0.329 e. The summed E-state index contributed by atoms with van der Waals surface area (Å²) >= 11 is 1.53. The fraction of sp³-hybridized carbons (Fsp3) is 0.143. The van der Waals surface area contributed by atoms with Crippen LogP contribution < -0.4 is 0 Å². The molecule has 0 aliphatic rings. The van der Waals surface area contributed by atoms with Crippen molar-refractivity contribution in [1.82, 2.24) is 9.88 Å². The van der Waals surface area contributed by atoms with Gasteiger partial charge in [0.1, 0.15) is 5.69 Å². The zero-order valence-electron chi connectivity index (χ0n) is 14.0. The maximum atomic E-state index is 12.8. The van der Waals surface area contributed by atoms with Crippen molar-refractivity contribution in [2.24, 2.45) is 0 Å². The third-order valence-electron chi connectivity index (χ3n) is 3.82. The molecule has 1 amide bonds. The minimum absolute atomic E-state index is 0.0562. The molecular weight excluding hydrogens is 328 g/mol. The Kier molecular flexibility index (Phi) is 5.75. The molecule has 126 valence electrons. The summed E-state index contributed by atoms with van der Waals surface area (Å²) in [6, 6.07) is 20.1. The van der Waals surface area contributed by atoms with E-state index in [0.717, 1.165) is 17.0 Å². The van der Waals surface area contributed by atoms with E-state index in [4.69, 9.17) is 0 Å². The van der Waals surface area contributed by atoms with Gasteiger partial charge in [-0.2, -0.15) is 0 Å². The summed E-state index contributed by atoms with van der Waals surface area (Å²) in [6.45, 7) is 4.82. The molecule has 0 saturated heterocycles. The third kappa shape index (κ3) is 4.64. The average molecular weight is 348 g/mol. The summed E-state index contributed by atoms with van der Waals surface area (Å²) in [5, 5.41) is 2.80. The smallest absolute Gasteiger partial charge is 0.273 e. The van der Waals surface area contributed by atoms with E-state index in [1.54, 1.807) is 11.0 Å². The van der Waals surface area contributed by atoms with Crippen molar-refractivity contribution in [3.05, 3.63) is 101 Å². The first-order chi connectivity index (χ1) is 12.3. The Morgan fingerprint density at radius 2 is 1.68 bits per heavy atom. The van der Waals surface area contributed by atoms with Crippen LogP contribution in [-0.4, -0.2) is 22.3 Å². The van der Waals surface area contributed by atoms with Crippen molar-refractivity contribution in [3.8, 4) is 0 Å². The summed E-state index contributed by atoms with van der Waals surface area (Å²) in [5.74, 6) is -0.0562. The van der Waals surface area contributed by atoms with Crippen molar-refractivity contribution in [2.45, 2.75) is 13.0 Å². The number of nitrogens with zero attached hydrogens (tertiary/aromatic N) is 2. The van der Waals surface area contributed by atoms with Gasteiger partial charge in [0.15, 0.2) is 0 Å². The van der Waals surface area contributed by atoms with Crippen LogP contribution in [0.1, 0.15) is 26.6 Å². The highest BCUT2D eigenvalue weighted by Crippen LogP contribution is 2.17. The molecule has 25 heavy (non-hydrogen) atoms. The lowest BCUT2D eigenvalue weighted by Crippen LogP contribution is -2.31. The van der Waals surface area contributed by atoms with Crippen LogP contribution in [0.25, 0.3) is 0 Å². The highest BCUT2D eigenvalue weighted by molar-refractivity contribution is 7.09. The Morgan fingerprint density at radius 3 is 2.32 bits per heavy atom. The quantitative estimate of drug-likeness (QED) is 0.586. The van der Waals surface area contributed by atoms with Crippen LogP contribution >= 0.6 is 11.3 Å². The lowest BCUT2D eigenvalue weighted by Gasteiger charge is -2.20. The molecule has 0 N–H and O–H groups in total. The Labute approximate surface area is 152 Å². The zero-order valence-corrected chi connectivity index (χ0v) is 14.8. The maximum Gasteiger partial charge on any atom is 0.273 e. The van der Waals surface area contributed by atoms with Gasteiger partial charge >= 0.3 is 0 Å². The predicted molar refractivity (Wildman–Crippen MR) is 103 cm³/mol. The molecule has 1 heterocycles. The Hall–Kier alpha value is -2.72. The van der Waals surface area contributed by atoms with Crippen LogP contribution in [-0.2, 0) is 13.0 Å². The number of rotatable bonds is 7. The molecule has 1 aromatic heterocycles. The fourth-order valence-corrected chi connectivity index (χ4v) is 3.40. The Balaban J connectivity index is 1.72. The monoisotopic (exact) mass is 348 g/mol. The second-order valence-corrected chi connectivity index (χ2v) is 6.69. The number of amides is 1. The highest BCUT2D eigenvalue weighted by atomic mass is 32.1. The number of benzene rings is 2. The molecule has 0 saturated carbocycles. The van der Waals surface area contributed by atoms with Crippen LogP contribution in [0.5, 0.6) is 0 Å². The van der Waals surface area contributed by atoms with Gasteiger partial charge in [-0.3, -0.25) is 4.79 Å². The number of hydrogen-bond acceptors (Lipinski definition) is 3. The molecule has 0 spiro atoms. The SMILES string of the molecule is C=CCN(Cc1ccccc1)C(=O)c1csc(Cc2ccccc2)n1. The first kappa shape index (κ1) is 17.1. The van der Waals surface area contributed by atoms with Gasteiger partial charge in [-0.05, 0) is 11.1 Å². The standard InChI is InChI=1S/C21H20N2OS/c1-2-13-23(15-18-11-7-4-8-12-18)21(24)19-16-25-20(22-19)14-17-9-5-3-6-10-17/h2-12,16H,1,13-15H2. The van der Waals surface area contributed by atoms with Gasteiger partial charge in [-0.25, -0.2) is 4.98 Å². The first-order valence-corrected chi connectivity index (χ1v) is 9.06. The van der Waals surface area contributed by atoms with Crippen LogP contribution in [0.15, 0.2) is 78.7 Å². The van der Waals surface area contributed by atoms with E-state index in [-0.39, 0.29) is 5.91 Å². The van der Waals surface area contributed by atoms with Crippen molar-refractivity contribution in [1.29, 1.82) is 0 Å². The molecule has 3 aromatic rings. The Bertz CT molecular complexity index is 827. The van der Waals surface area contributed by atoms with Crippen LogP contribution in [0.2, 0.25) is 0 Å². The second-order valence-electron chi connectivity index (χ2n) is 5.75. The molecule has 3 nitrogen and oxygen atoms in total. The van der Waals surface area contributed by atoms with E-state index in [1.807, 2.05) is 53.9 Å². The molecule has 3 rings (SSSR count). The topological polar surface area (TPSA) is 33.2 Å². The summed E-state index contributed by atoms with van der Waals surface area (Å²) < 4.78 is 0. The second kappa shape index (κ2) is 8.40. The predicted octanol–water partition coefficient (Wildman–Crippen LogP) is 4.56. The summed E-state index contributed by atoms with van der Waals surface area (Å²) in [6.07, 6.45) is 2.50. The number of thiazole rings is 1. The molecule has 0 atom stereocenters. The van der Waals surface area contributed by atoms with Crippen LogP contribution in [0.3, 0.4) is 0 Å². The molecule has 0 aliphatic carbocycles. The fourth-order valence-electron chi connectivity index (χ4n) is 2.60. The molecule has 0 aliphatic heterocycles. The molecular formula is C21H20N2OS. The van der Waals surface area contributed by atoms with Crippen LogP contribution in [0.4, 0.5) is 0 Å². The van der Waals surface area contributed by atoms with Gasteiger partial charge in [0.25, 0.3) is 5.91 Å². The number of aromatic nitrogens is 1. The van der Waals surface area contributed by atoms with E-state index < -0.39 is 0 Å². The number of hydrogen-bond donors (Lipinski definition) is 0. The minimum atomic E-state index is -0.0562. The first-order valence-electron chi connectivity index (χ1n) is 8.18. The average Bonchev–Trinajstić information content (AvgIpc) is 3.11. The summed E-state index contributed by atoms with van der Waals surface area (Å²) in [4.78, 5) is 19.1. The maximum absolute atomic E-state index is 12.8. The van der Waals surface area contributed by atoms with E-state index in [2.05, 4.69) is 23.7 Å². The molecule has 0 radical (unpaired) electrons. The number of carbonyl (C=O) groups is 1. The Morgan fingerprint density at radius 1 is 1.04 bits per heavy atom. The van der Waals surface area contributed by atoms with Crippen molar-refractivity contribution < 1.29 is 4.79 Å². The van der Waals surface area contributed by atoms with Crippen molar-refractivity contribution in [2.75, 3.05) is 6.54 Å². The van der Waals surface area contributed by atoms with E-state index in [0.29, 0.717) is 18.8 Å². The highest BCUT2D eigenvalue weighted by Gasteiger charge is 2.18. The van der Waals surface area contributed by atoms with Crippen LogP contribution in [0, 0.1) is 0 Å². The molecule has 0 unspecified atom stereocenters. The molecule has 0 bridgehead atoms. The third-order valence-corrected chi connectivity index (χ3v) is 4.67. The molecule has 0 fully saturated rings. The lowest BCUT2D eigenvalue weighted by atomic mass is 10.2.